The number of para-hydroxylation sites is 2. The van der Waals surface area contributed by atoms with Crippen molar-refractivity contribution in [2.24, 2.45) is 0 Å². The van der Waals surface area contributed by atoms with Gasteiger partial charge in [0, 0.05) is 38.2 Å². The number of nitrogens with zero attached hydrogens (tertiary/aromatic N) is 3. The van der Waals surface area contributed by atoms with Gasteiger partial charge in [-0.2, -0.15) is 0 Å². The summed E-state index contributed by atoms with van der Waals surface area (Å²) in [4.78, 5) is 15.5. The average Bonchev–Trinajstić information content (AvgIpc) is 3.84. The normalized spacial score (nSPS) is 11.6. The van der Waals surface area contributed by atoms with Gasteiger partial charge in [0.15, 0.2) is 17.5 Å². The maximum absolute atomic E-state index is 6.22. The molecule has 56 heavy (non-hydrogen) atoms. The molecule has 262 valence electrons. The van der Waals surface area contributed by atoms with E-state index >= 15 is 0 Å². The van der Waals surface area contributed by atoms with E-state index in [1.165, 1.54) is 0 Å². The largest absolute Gasteiger partial charge is 0.456 e. The molecule has 0 aliphatic heterocycles. The Morgan fingerprint density at radius 2 is 0.661 bits per heavy atom. The predicted molar refractivity (Wildman–Crippen MR) is 227 cm³/mol. The third-order valence-corrected chi connectivity index (χ3v) is 10.6. The van der Waals surface area contributed by atoms with Crippen molar-refractivity contribution < 1.29 is 8.83 Å². The summed E-state index contributed by atoms with van der Waals surface area (Å²) in [5, 5.41) is 4.31. The summed E-state index contributed by atoms with van der Waals surface area (Å²) >= 11 is 0. The van der Waals surface area contributed by atoms with Crippen molar-refractivity contribution in [2.75, 3.05) is 0 Å². The SMILES string of the molecule is c1ccc(-c2ccc(-c3nc(-c4ccccc4)nc(-c4cc(-c5ccc6oc7ccccc7c6c5)ccc4-c4ccc5oc6ccccc6c5c4)n3)cc2)cc1. The van der Waals surface area contributed by atoms with Crippen LogP contribution in [0.1, 0.15) is 0 Å². The predicted octanol–water partition coefficient (Wildman–Crippen LogP) is 13.7. The number of hydrogen-bond donors (Lipinski definition) is 0. The van der Waals surface area contributed by atoms with Gasteiger partial charge >= 0.3 is 0 Å². The van der Waals surface area contributed by atoms with Gasteiger partial charge in [0.1, 0.15) is 22.3 Å². The van der Waals surface area contributed by atoms with Gasteiger partial charge in [-0.1, -0.05) is 146 Å². The average molecular weight is 718 g/mol. The van der Waals surface area contributed by atoms with E-state index in [1.54, 1.807) is 0 Å². The van der Waals surface area contributed by atoms with E-state index in [4.69, 9.17) is 23.8 Å². The number of furan rings is 2. The molecule has 0 atom stereocenters. The van der Waals surface area contributed by atoms with Gasteiger partial charge in [-0.25, -0.2) is 15.0 Å². The van der Waals surface area contributed by atoms with Crippen molar-refractivity contribution in [1.82, 2.24) is 15.0 Å². The molecule has 5 nitrogen and oxygen atoms in total. The molecule has 0 fully saturated rings. The lowest BCUT2D eigenvalue weighted by atomic mass is 9.93. The second kappa shape index (κ2) is 13.0. The van der Waals surface area contributed by atoms with Crippen LogP contribution in [0.15, 0.2) is 197 Å². The topological polar surface area (TPSA) is 65.0 Å². The van der Waals surface area contributed by atoms with Gasteiger partial charge in [0.2, 0.25) is 0 Å². The molecule has 0 aliphatic carbocycles. The van der Waals surface area contributed by atoms with Gasteiger partial charge in [0.25, 0.3) is 0 Å². The molecule has 3 aromatic heterocycles. The minimum Gasteiger partial charge on any atom is -0.456 e. The zero-order valence-corrected chi connectivity index (χ0v) is 30.1. The lowest BCUT2D eigenvalue weighted by Gasteiger charge is -2.14. The second-order valence-corrected chi connectivity index (χ2v) is 14.0. The monoisotopic (exact) mass is 717 g/mol. The van der Waals surface area contributed by atoms with Crippen molar-refractivity contribution >= 4 is 43.9 Å². The van der Waals surface area contributed by atoms with E-state index in [9.17, 15) is 0 Å². The number of benzene rings is 8. The highest BCUT2D eigenvalue weighted by Crippen LogP contribution is 2.40. The van der Waals surface area contributed by atoms with Crippen LogP contribution in [0.4, 0.5) is 0 Å². The summed E-state index contributed by atoms with van der Waals surface area (Å²) < 4.78 is 12.4. The third kappa shape index (κ3) is 5.53. The Bertz CT molecular complexity index is 3240. The van der Waals surface area contributed by atoms with Crippen LogP contribution in [-0.2, 0) is 0 Å². The van der Waals surface area contributed by atoms with Crippen molar-refractivity contribution in [1.29, 1.82) is 0 Å². The fourth-order valence-corrected chi connectivity index (χ4v) is 7.74. The van der Waals surface area contributed by atoms with Gasteiger partial charge in [0.05, 0.1) is 0 Å². The fourth-order valence-electron chi connectivity index (χ4n) is 7.74. The lowest BCUT2D eigenvalue weighted by molar-refractivity contribution is 0.668. The summed E-state index contributed by atoms with van der Waals surface area (Å²) in [5.41, 5.74) is 12.6. The fraction of sp³-hybridized carbons (Fsp3) is 0. The molecule has 0 N–H and O–H groups in total. The lowest BCUT2D eigenvalue weighted by Crippen LogP contribution is -2.01. The Morgan fingerprint density at radius 3 is 1.30 bits per heavy atom. The van der Waals surface area contributed by atoms with Crippen LogP contribution in [-0.4, -0.2) is 15.0 Å². The Balaban J connectivity index is 1.13. The minimum absolute atomic E-state index is 0.588. The minimum atomic E-state index is 0.588. The second-order valence-electron chi connectivity index (χ2n) is 14.0. The Hall–Kier alpha value is -7.63. The highest BCUT2D eigenvalue weighted by Gasteiger charge is 2.19. The highest BCUT2D eigenvalue weighted by molar-refractivity contribution is 6.08. The Kier molecular flexibility index (Phi) is 7.42. The summed E-state index contributed by atoms with van der Waals surface area (Å²) in [6.45, 7) is 0. The van der Waals surface area contributed by atoms with Gasteiger partial charge < -0.3 is 8.83 Å². The van der Waals surface area contributed by atoms with Gasteiger partial charge in [-0.15, -0.1) is 0 Å². The van der Waals surface area contributed by atoms with Crippen LogP contribution in [0.5, 0.6) is 0 Å². The first-order valence-electron chi connectivity index (χ1n) is 18.7. The molecule has 8 aromatic carbocycles. The highest BCUT2D eigenvalue weighted by atomic mass is 16.3. The van der Waals surface area contributed by atoms with Crippen LogP contribution in [0.2, 0.25) is 0 Å². The maximum Gasteiger partial charge on any atom is 0.164 e. The molecule has 0 spiro atoms. The molecule has 3 heterocycles. The standard InChI is InChI=1S/C51H31N3O2/c1-3-11-32(12-4-1)33-19-21-35(22-20-33)50-52-49(34-13-5-2-6-14-34)53-51(54-50)44-30-36(37-24-27-47-42(29-37)40-15-7-9-17-45(40)55-47)23-26-39(44)38-25-28-48-43(31-38)41-16-8-10-18-46(41)56-48/h1-31H. The summed E-state index contributed by atoms with van der Waals surface area (Å²) in [6, 6.07) is 64.7. The zero-order valence-electron chi connectivity index (χ0n) is 30.1. The first-order chi connectivity index (χ1) is 27.7. The van der Waals surface area contributed by atoms with Gasteiger partial charge in [-0.05, 0) is 75.8 Å². The first-order valence-corrected chi connectivity index (χ1v) is 18.7. The summed E-state index contributed by atoms with van der Waals surface area (Å²) in [5.74, 6) is 1.80. The van der Waals surface area contributed by atoms with E-state index in [0.29, 0.717) is 17.5 Å². The molecule has 0 unspecified atom stereocenters. The summed E-state index contributed by atoms with van der Waals surface area (Å²) in [6.07, 6.45) is 0. The van der Waals surface area contributed by atoms with Gasteiger partial charge in [-0.3, -0.25) is 0 Å². The molecule has 0 saturated heterocycles. The Labute approximate surface area is 322 Å². The maximum atomic E-state index is 6.22. The van der Waals surface area contributed by atoms with E-state index in [2.05, 4.69) is 121 Å². The Morgan fingerprint density at radius 1 is 0.250 bits per heavy atom. The van der Waals surface area contributed by atoms with E-state index in [0.717, 1.165) is 93.9 Å². The summed E-state index contributed by atoms with van der Waals surface area (Å²) in [7, 11) is 0. The smallest absolute Gasteiger partial charge is 0.164 e. The molecule has 0 amide bonds. The van der Waals surface area contributed by atoms with Crippen molar-refractivity contribution in [3.63, 3.8) is 0 Å². The molecule has 0 radical (unpaired) electrons. The van der Waals surface area contributed by atoms with Crippen LogP contribution < -0.4 is 0 Å². The molecule has 11 aromatic rings. The van der Waals surface area contributed by atoms with Crippen molar-refractivity contribution in [2.45, 2.75) is 0 Å². The first kappa shape index (κ1) is 31.9. The van der Waals surface area contributed by atoms with Crippen molar-refractivity contribution in [3.05, 3.63) is 188 Å². The van der Waals surface area contributed by atoms with E-state index in [1.807, 2.05) is 66.7 Å². The molecule has 0 bridgehead atoms. The van der Waals surface area contributed by atoms with E-state index < -0.39 is 0 Å². The molecule has 0 saturated carbocycles. The zero-order chi connectivity index (χ0) is 37.0. The molecular weight excluding hydrogens is 687 g/mol. The van der Waals surface area contributed by atoms with Crippen molar-refractivity contribution in [3.8, 4) is 67.5 Å². The molecule has 11 rings (SSSR count). The van der Waals surface area contributed by atoms with Crippen LogP contribution >= 0.6 is 0 Å². The van der Waals surface area contributed by atoms with E-state index in [-0.39, 0.29) is 0 Å². The van der Waals surface area contributed by atoms with Crippen LogP contribution in [0, 0.1) is 0 Å². The molecule has 0 aliphatic rings. The number of aromatic nitrogens is 3. The van der Waals surface area contributed by atoms with Crippen LogP contribution in [0.25, 0.3) is 111 Å². The molecule has 5 heteroatoms. The number of rotatable bonds is 6. The quantitative estimate of drug-likeness (QED) is 0.171. The number of fused-ring (bicyclic) bond motifs is 6. The molecular formula is C51H31N3O2. The number of hydrogen-bond acceptors (Lipinski definition) is 5. The van der Waals surface area contributed by atoms with Crippen LogP contribution in [0.3, 0.4) is 0 Å². The third-order valence-electron chi connectivity index (χ3n) is 10.6.